The van der Waals surface area contributed by atoms with Gasteiger partial charge in [0, 0.05) is 5.56 Å². The van der Waals surface area contributed by atoms with Gasteiger partial charge in [0.25, 0.3) is 0 Å². The van der Waals surface area contributed by atoms with Crippen molar-refractivity contribution < 1.29 is 9.21 Å². The van der Waals surface area contributed by atoms with Crippen LogP contribution < -0.4 is 5.73 Å². The molecule has 17 heavy (non-hydrogen) atoms. The largest absolute Gasteiger partial charge is 0.460 e. The molecule has 0 aliphatic heterocycles. The van der Waals surface area contributed by atoms with Crippen molar-refractivity contribution in [1.82, 2.24) is 0 Å². The van der Waals surface area contributed by atoms with E-state index >= 15 is 0 Å². The van der Waals surface area contributed by atoms with Gasteiger partial charge in [-0.3, -0.25) is 9.79 Å². The van der Waals surface area contributed by atoms with Gasteiger partial charge in [-0.2, -0.15) is 0 Å². The Hall–Kier alpha value is -2.36. The Bertz CT molecular complexity index is 553. The normalized spacial score (nSPS) is 10.9. The Balaban J connectivity index is 2.13. The predicted molar refractivity (Wildman–Crippen MR) is 65.7 cm³/mol. The van der Waals surface area contributed by atoms with Crippen molar-refractivity contribution in [2.75, 3.05) is 0 Å². The molecule has 1 heterocycles. The number of carbonyl (C=O) groups is 1. The third-order valence-electron chi connectivity index (χ3n) is 2.25. The second kappa shape index (κ2) is 4.65. The van der Waals surface area contributed by atoms with E-state index in [1.165, 1.54) is 0 Å². The van der Waals surface area contributed by atoms with E-state index in [1.807, 2.05) is 19.1 Å². The summed E-state index contributed by atoms with van der Waals surface area (Å²) in [6, 6.07) is 10.5. The molecule has 0 spiro atoms. The smallest absolute Gasteiger partial charge is 0.248 e. The summed E-state index contributed by atoms with van der Waals surface area (Å²) in [7, 11) is 0. The van der Waals surface area contributed by atoms with Crippen LogP contribution in [0.2, 0.25) is 0 Å². The van der Waals surface area contributed by atoms with E-state index in [2.05, 4.69) is 4.99 Å². The third-order valence-corrected chi connectivity index (χ3v) is 2.25. The first-order chi connectivity index (χ1) is 8.15. The van der Waals surface area contributed by atoms with Crippen LogP contribution in [0.25, 0.3) is 0 Å². The standard InChI is InChI=1S/C13H12N2O2/c1-9-2-7-12(17-9)8-15-11-5-3-10(4-6-11)13(14)16/h2-8H,1H3,(H2,14,16). The Morgan fingerprint density at radius 3 is 2.47 bits per heavy atom. The molecule has 0 saturated carbocycles. The fourth-order valence-corrected chi connectivity index (χ4v) is 1.37. The Morgan fingerprint density at radius 2 is 1.94 bits per heavy atom. The molecule has 1 aromatic carbocycles. The first kappa shape index (κ1) is 11.1. The minimum atomic E-state index is -0.442. The summed E-state index contributed by atoms with van der Waals surface area (Å²) in [5, 5.41) is 0. The molecule has 2 aromatic rings. The lowest BCUT2D eigenvalue weighted by Crippen LogP contribution is -2.10. The Labute approximate surface area is 98.8 Å². The van der Waals surface area contributed by atoms with Crippen LogP contribution in [-0.4, -0.2) is 12.1 Å². The highest BCUT2D eigenvalue weighted by atomic mass is 16.3. The minimum absolute atomic E-state index is 0.442. The first-order valence-corrected chi connectivity index (χ1v) is 5.15. The van der Waals surface area contributed by atoms with Gasteiger partial charge in [-0.05, 0) is 43.3 Å². The Morgan fingerprint density at radius 1 is 1.24 bits per heavy atom. The highest BCUT2D eigenvalue weighted by Crippen LogP contribution is 2.13. The van der Waals surface area contributed by atoms with Crippen LogP contribution in [0.4, 0.5) is 5.69 Å². The maximum Gasteiger partial charge on any atom is 0.248 e. The average molecular weight is 228 g/mol. The number of hydrogen-bond donors (Lipinski definition) is 1. The molecule has 2 N–H and O–H groups in total. The maximum atomic E-state index is 10.9. The molecule has 4 heteroatoms. The molecular formula is C13H12N2O2. The van der Waals surface area contributed by atoms with E-state index < -0.39 is 5.91 Å². The van der Waals surface area contributed by atoms with Crippen molar-refractivity contribution in [3.05, 3.63) is 53.5 Å². The molecule has 2 rings (SSSR count). The van der Waals surface area contributed by atoms with E-state index in [0.717, 1.165) is 11.4 Å². The third kappa shape index (κ3) is 2.81. The van der Waals surface area contributed by atoms with E-state index in [1.54, 1.807) is 30.5 Å². The summed E-state index contributed by atoms with van der Waals surface area (Å²) in [5.41, 5.74) is 6.35. The van der Waals surface area contributed by atoms with Gasteiger partial charge in [0.2, 0.25) is 5.91 Å². The fourth-order valence-electron chi connectivity index (χ4n) is 1.37. The monoisotopic (exact) mass is 228 g/mol. The summed E-state index contributed by atoms with van der Waals surface area (Å²) in [6.45, 7) is 1.87. The van der Waals surface area contributed by atoms with Crippen LogP contribution in [-0.2, 0) is 0 Å². The number of hydrogen-bond acceptors (Lipinski definition) is 3. The van der Waals surface area contributed by atoms with Gasteiger partial charge < -0.3 is 10.2 Å². The van der Waals surface area contributed by atoms with Gasteiger partial charge >= 0.3 is 0 Å². The molecule has 0 radical (unpaired) electrons. The topological polar surface area (TPSA) is 68.6 Å². The van der Waals surface area contributed by atoms with Gasteiger partial charge in [-0.25, -0.2) is 0 Å². The molecule has 0 atom stereocenters. The highest BCUT2D eigenvalue weighted by Gasteiger charge is 1.98. The number of carbonyl (C=O) groups excluding carboxylic acids is 1. The van der Waals surface area contributed by atoms with Crippen LogP contribution in [0, 0.1) is 6.92 Å². The molecule has 86 valence electrons. The van der Waals surface area contributed by atoms with Crippen molar-refractivity contribution in [2.24, 2.45) is 10.7 Å². The summed E-state index contributed by atoms with van der Waals surface area (Å²) < 4.78 is 5.34. The predicted octanol–water partition coefficient (Wildman–Crippen LogP) is 2.44. The molecule has 0 aliphatic carbocycles. The van der Waals surface area contributed by atoms with E-state index in [-0.39, 0.29) is 0 Å². The number of aliphatic imine (C=N–C) groups is 1. The van der Waals surface area contributed by atoms with Crippen LogP contribution in [0.3, 0.4) is 0 Å². The summed E-state index contributed by atoms with van der Waals surface area (Å²) >= 11 is 0. The molecule has 1 amide bonds. The minimum Gasteiger partial charge on any atom is -0.460 e. The van der Waals surface area contributed by atoms with E-state index in [9.17, 15) is 4.79 Å². The number of benzene rings is 1. The fraction of sp³-hybridized carbons (Fsp3) is 0.0769. The molecule has 0 saturated heterocycles. The molecular weight excluding hydrogens is 216 g/mol. The van der Waals surface area contributed by atoms with Crippen molar-refractivity contribution in [3.63, 3.8) is 0 Å². The van der Waals surface area contributed by atoms with Gasteiger partial charge in [-0.15, -0.1) is 0 Å². The zero-order valence-electron chi connectivity index (χ0n) is 9.38. The number of nitrogens with zero attached hydrogens (tertiary/aromatic N) is 1. The summed E-state index contributed by atoms with van der Waals surface area (Å²) in [6.07, 6.45) is 1.63. The lowest BCUT2D eigenvalue weighted by molar-refractivity contribution is 0.100. The van der Waals surface area contributed by atoms with E-state index in [0.29, 0.717) is 11.3 Å². The second-order valence-corrected chi connectivity index (χ2v) is 3.62. The number of aryl methyl sites for hydroxylation is 1. The zero-order valence-corrected chi connectivity index (χ0v) is 9.38. The first-order valence-electron chi connectivity index (χ1n) is 5.15. The molecule has 0 unspecified atom stereocenters. The number of rotatable bonds is 3. The van der Waals surface area contributed by atoms with Crippen molar-refractivity contribution in [2.45, 2.75) is 6.92 Å². The second-order valence-electron chi connectivity index (χ2n) is 3.62. The maximum absolute atomic E-state index is 10.9. The summed E-state index contributed by atoms with van der Waals surface area (Å²) in [5.74, 6) is 1.10. The van der Waals surface area contributed by atoms with Crippen LogP contribution >= 0.6 is 0 Å². The highest BCUT2D eigenvalue weighted by molar-refractivity contribution is 5.93. The summed E-state index contributed by atoms with van der Waals surface area (Å²) in [4.78, 5) is 15.1. The zero-order chi connectivity index (χ0) is 12.3. The molecule has 1 aromatic heterocycles. The van der Waals surface area contributed by atoms with Gasteiger partial charge in [0.15, 0.2) is 0 Å². The molecule has 4 nitrogen and oxygen atoms in total. The van der Waals surface area contributed by atoms with Crippen LogP contribution in [0.15, 0.2) is 45.8 Å². The van der Waals surface area contributed by atoms with Crippen molar-refractivity contribution >= 4 is 17.8 Å². The quantitative estimate of drug-likeness (QED) is 0.820. The van der Waals surface area contributed by atoms with Gasteiger partial charge in [0.1, 0.15) is 11.5 Å². The number of primary amides is 1. The molecule has 0 fully saturated rings. The van der Waals surface area contributed by atoms with Crippen LogP contribution in [0.5, 0.6) is 0 Å². The average Bonchev–Trinajstić information content (AvgIpc) is 2.73. The number of amides is 1. The molecule has 0 bridgehead atoms. The Kier molecular flexibility index (Phi) is 3.05. The van der Waals surface area contributed by atoms with E-state index in [4.69, 9.17) is 10.2 Å². The van der Waals surface area contributed by atoms with Crippen LogP contribution in [0.1, 0.15) is 21.9 Å². The lowest BCUT2D eigenvalue weighted by Gasteiger charge is -1.95. The molecule has 0 aliphatic rings. The number of nitrogens with two attached hydrogens (primary N) is 1. The number of furan rings is 1. The van der Waals surface area contributed by atoms with Gasteiger partial charge in [-0.1, -0.05) is 0 Å². The lowest BCUT2D eigenvalue weighted by atomic mass is 10.2. The van der Waals surface area contributed by atoms with Gasteiger partial charge in [0.05, 0.1) is 11.9 Å². The SMILES string of the molecule is Cc1ccc(C=Nc2ccc(C(N)=O)cc2)o1. The van der Waals surface area contributed by atoms with Crippen molar-refractivity contribution in [3.8, 4) is 0 Å². The van der Waals surface area contributed by atoms with Crippen molar-refractivity contribution in [1.29, 1.82) is 0 Å².